The van der Waals surface area contributed by atoms with Gasteiger partial charge < -0.3 is 14.7 Å². The van der Waals surface area contributed by atoms with E-state index >= 15 is 0 Å². The highest BCUT2D eigenvalue weighted by atomic mass is 16.5. The third kappa shape index (κ3) is 3.72. The Morgan fingerprint density at radius 3 is 2.55 bits per heavy atom. The number of hydrogen-bond acceptors (Lipinski definition) is 3. The van der Waals surface area contributed by atoms with Gasteiger partial charge in [-0.2, -0.15) is 0 Å². The molecular formula is C15H25NO4. The van der Waals surface area contributed by atoms with E-state index in [2.05, 4.69) is 6.92 Å². The van der Waals surface area contributed by atoms with Crippen LogP contribution in [0.2, 0.25) is 0 Å². The fourth-order valence-electron chi connectivity index (χ4n) is 3.34. The van der Waals surface area contributed by atoms with E-state index in [9.17, 15) is 9.59 Å². The molecule has 0 saturated carbocycles. The van der Waals surface area contributed by atoms with Crippen molar-refractivity contribution in [2.24, 2.45) is 11.8 Å². The number of ether oxygens (including phenoxy) is 1. The molecule has 2 aliphatic heterocycles. The van der Waals surface area contributed by atoms with Crippen LogP contribution in [0, 0.1) is 11.8 Å². The molecule has 2 saturated heterocycles. The highest BCUT2D eigenvalue weighted by Gasteiger charge is 2.36. The summed E-state index contributed by atoms with van der Waals surface area (Å²) in [5.74, 6) is 0.0101. The van der Waals surface area contributed by atoms with Gasteiger partial charge in [0.05, 0.1) is 12.0 Å². The second kappa shape index (κ2) is 7.07. The molecule has 2 unspecified atom stereocenters. The summed E-state index contributed by atoms with van der Waals surface area (Å²) in [6.07, 6.45) is 4.68. The van der Waals surface area contributed by atoms with Crippen molar-refractivity contribution >= 4 is 11.9 Å². The predicted octanol–water partition coefficient (Wildman–Crippen LogP) is 1.90. The first kappa shape index (κ1) is 15.3. The average molecular weight is 283 g/mol. The van der Waals surface area contributed by atoms with E-state index < -0.39 is 5.97 Å². The van der Waals surface area contributed by atoms with E-state index in [1.165, 1.54) is 0 Å². The zero-order valence-electron chi connectivity index (χ0n) is 12.2. The zero-order valence-corrected chi connectivity index (χ0v) is 12.2. The minimum absolute atomic E-state index is 0.0376. The number of aliphatic carboxylic acids is 1. The lowest BCUT2D eigenvalue weighted by molar-refractivity contribution is -0.140. The van der Waals surface area contributed by atoms with Gasteiger partial charge in [0.15, 0.2) is 0 Å². The van der Waals surface area contributed by atoms with Crippen LogP contribution < -0.4 is 0 Å². The van der Waals surface area contributed by atoms with Crippen LogP contribution in [0.4, 0.5) is 0 Å². The molecule has 2 heterocycles. The number of amides is 1. The summed E-state index contributed by atoms with van der Waals surface area (Å²) in [6, 6.07) is 0. The smallest absolute Gasteiger partial charge is 0.303 e. The van der Waals surface area contributed by atoms with Gasteiger partial charge in [-0.3, -0.25) is 9.59 Å². The van der Waals surface area contributed by atoms with E-state index in [0.717, 1.165) is 45.2 Å². The van der Waals surface area contributed by atoms with Crippen molar-refractivity contribution in [2.75, 3.05) is 19.7 Å². The molecule has 0 bridgehead atoms. The number of carboxylic acid groups (broad SMARTS) is 1. The summed E-state index contributed by atoms with van der Waals surface area (Å²) >= 11 is 0. The average Bonchev–Trinajstić information content (AvgIpc) is 2.93. The first-order valence-electron chi connectivity index (χ1n) is 7.74. The Morgan fingerprint density at radius 1 is 1.25 bits per heavy atom. The molecule has 0 aromatic heterocycles. The SMILES string of the molecule is CCC1OCCC1C(=O)N1CCC(CCC(=O)O)CC1. The highest BCUT2D eigenvalue weighted by Crippen LogP contribution is 2.28. The van der Waals surface area contributed by atoms with E-state index in [-0.39, 0.29) is 24.3 Å². The summed E-state index contributed by atoms with van der Waals surface area (Å²) in [7, 11) is 0. The Balaban J connectivity index is 1.78. The van der Waals surface area contributed by atoms with Gasteiger partial charge in [0, 0.05) is 26.1 Å². The molecule has 0 aromatic carbocycles. The topological polar surface area (TPSA) is 66.8 Å². The third-order valence-corrected chi connectivity index (χ3v) is 4.62. The number of piperidine rings is 1. The number of likely N-dealkylation sites (tertiary alicyclic amines) is 1. The normalized spacial score (nSPS) is 27.8. The van der Waals surface area contributed by atoms with Crippen molar-refractivity contribution in [3.8, 4) is 0 Å². The van der Waals surface area contributed by atoms with E-state index in [1.54, 1.807) is 0 Å². The molecule has 5 nitrogen and oxygen atoms in total. The van der Waals surface area contributed by atoms with Crippen LogP contribution in [0.25, 0.3) is 0 Å². The van der Waals surface area contributed by atoms with Crippen molar-refractivity contribution < 1.29 is 19.4 Å². The molecule has 5 heteroatoms. The Kier molecular flexibility index (Phi) is 5.40. The fourth-order valence-corrected chi connectivity index (χ4v) is 3.34. The zero-order chi connectivity index (χ0) is 14.5. The lowest BCUT2D eigenvalue weighted by Crippen LogP contribution is -2.43. The van der Waals surface area contributed by atoms with Crippen molar-refractivity contribution in [3.63, 3.8) is 0 Å². The van der Waals surface area contributed by atoms with E-state index in [1.807, 2.05) is 4.90 Å². The molecule has 0 spiro atoms. The standard InChI is InChI=1S/C15H25NO4/c1-2-13-12(7-10-20-13)15(19)16-8-5-11(6-9-16)3-4-14(17)18/h11-13H,2-10H2,1H3,(H,17,18). The summed E-state index contributed by atoms with van der Waals surface area (Å²) in [6.45, 7) is 4.31. The number of carbonyl (C=O) groups excluding carboxylic acids is 1. The van der Waals surface area contributed by atoms with Gasteiger partial charge in [-0.25, -0.2) is 0 Å². The molecular weight excluding hydrogens is 258 g/mol. The summed E-state index contributed by atoms with van der Waals surface area (Å²) in [5.41, 5.74) is 0. The Morgan fingerprint density at radius 2 is 1.95 bits per heavy atom. The van der Waals surface area contributed by atoms with Gasteiger partial charge in [-0.15, -0.1) is 0 Å². The molecule has 1 N–H and O–H groups in total. The molecule has 0 aromatic rings. The van der Waals surface area contributed by atoms with Crippen molar-refractivity contribution in [2.45, 2.75) is 51.6 Å². The minimum Gasteiger partial charge on any atom is -0.481 e. The van der Waals surface area contributed by atoms with E-state index in [4.69, 9.17) is 9.84 Å². The van der Waals surface area contributed by atoms with Gasteiger partial charge in [-0.05, 0) is 38.0 Å². The monoisotopic (exact) mass is 283 g/mol. The Labute approximate surface area is 120 Å². The third-order valence-electron chi connectivity index (χ3n) is 4.62. The highest BCUT2D eigenvalue weighted by molar-refractivity contribution is 5.79. The first-order chi connectivity index (χ1) is 9.61. The van der Waals surface area contributed by atoms with Gasteiger partial charge in [-0.1, -0.05) is 6.92 Å². The lowest BCUT2D eigenvalue weighted by atomic mass is 9.90. The molecule has 114 valence electrons. The summed E-state index contributed by atoms with van der Waals surface area (Å²) in [4.78, 5) is 25.0. The number of nitrogens with zero attached hydrogens (tertiary/aromatic N) is 1. The van der Waals surface area contributed by atoms with Gasteiger partial charge in [0.1, 0.15) is 0 Å². The number of rotatable bonds is 5. The molecule has 2 aliphatic rings. The fraction of sp³-hybridized carbons (Fsp3) is 0.867. The van der Waals surface area contributed by atoms with E-state index in [0.29, 0.717) is 12.5 Å². The molecule has 0 aliphatic carbocycles. The van der Waals surface area contributed by atoms with Gasteiger partial charge >= 0.3 is 5.97 Å². The maximum Gasteiger partial charge on any atom is 0.303 e. The maximum atomic E-state index is 12.5. The van der Waals surface area contributed by atoms with Crippen molar-refractivity contribution in [1.82, 2.24) is 4.90 Å². The lowest BCUT2D eigenvalue weighted by Gasteiger charge is -2.34. The molecule has 0 radical (unpaired) electrons. The van der Waals surface area contributed by atoms with Crippen LogP contribution >= 0.6 is 0 Å². The minimum atomic E-state index is -0.725. The molecule has 20 heavy (non-hydrogen) atoms. The second-order valence-electron chi connectivity index (χ2n) is 5.91. The largest absolute Gasteiger partial charge is 0.481 e. The van der Waals surface area contributed by atoms with Crippen LogP contribution in [-0.4, -0.2) is 47.7 Å². The first-order valence-corrected chi connectivity index (χ1v) is 7.74. The number of carbonyl (C=O) groups is 2. The number of carboxylic acids is 1. The molecule has 2 fully saturated rings. The van der Waals surface area contributed by atoms with Crippen LogP contribution in [0.3, 0.4) is 0 Å². The van der Waals surface area contributed by atoms with Crippen molar-refractivity contribution in [1.29, 1.82) is 0 Å². The Bertz CT molecular complexity index is 350. The van der Waals surface area contributed by atoms with Crippen LogP contribution in [0.15, 0.2) is 0 Å². The van der Waals surface area contributed by atoms with Crippen LogP contribution in [0.1, 0.15) is 45.4 Å². The molecule has 1 amide bonds. The maximum absolute atomic E-state index is 12.5. The molecule has 2 rings (SSSR count). The van der Waals surface area contributed by atoms with Crippen LogP contribution in [-0.2, 0) is 14.3 Å². The summed E-state index contributed by atoms with van der Waals surface area (Å²) < 4.78 is 5.60. The van der Waals surface area contributed by atoms with Crippen molar-refractivity contribution in [3.05, 3.63) is 0 Å². The summed E-state index contributed by atoms with van der Waals surface area (Å²) in [5, 5.41) is 8.71. The van der Waals surface area contributed by atoms with Gasteiger partial charge in [0.2, 0.25) is 5.91 Å². The quantitative estimate of drug-likeness (QED) is 0.837. The van der Waals surface area contributed by atoms with Gasteiger partial charge in [0.25, 0.3) is 0 Å². The second-order valence-corrected chi connectivity index (χ2v) is 5.91. The number of hydrogen-bond donors (Lipinski definition) is 1. The molecule has 2 atom stereocenters. The van der Waals surface area contributed by atoms with Crippen LogP contribution in [0.5, 0.6) is 0 Å². The predicted molar refractivity (Wildman–Crippen MR) is 74.3 cm³/mol. The Hall–Kier alpha value is -1.10.